The summed E-state index contributed by atoms with van der Waals surface area (Å²) in [6.07, 6.45) is 3.47. The number of likely N-dealkylation sites (tertiary alicyclic amines) is 1. The molecule has 1 fully saturated rings. The van der Waals surface area contributed by atoms with Gasteiger partial charge in [0.2, 0.25) is 0 Å². The minimum Gasteiger partial charge on any atom is -0.497 e. The number of rotatable bonds is 9. The van der Waals surface area contributed by atoms with Crippen molar-refractivity contribution >= 4 is 11.6 Å². The van der Waals surface area contributed by atoms with Gasteiger partial charge in [0, 0.05) is 18.8 Å². The molecular formula is C22H30N4O2. The molecule has 2 aromatic rings. The molecule has 0 bridgehead atoms. The molecule has 1 aliphatic rings. The molecule has 0 amide bonds. The van der Waals surface area contributed by atoms with Gasteiger partial charge in [-0.3, -0.25) is 9.89 Å². The SMILES string of the molecule is COc1ccc(NC(N)=NCCc2ccc(OCCN3CCCC3)cc2)cc1. The van der Waals surface area contributed by atoms with Crippen LogP contribution in [0.3, 0.4) is 0 Å². The van der Waals surface area contributed by atoms with E-state index in [4.69, 9.17) is 15.2 Å². The molecule has 1 aliphatic heterocycles. The van der Waals surface area contributed by atoms with Gasteiger partial charge in [0.25, 0.3) is 0 Å². The van der Waals surface area contributed by atoms with E-state index in [-0.39, 0.29) is 0 Å². The zero-order chi connectivity index (χ0) is 19.6. The van der Waals surface area contributed by atoms with Crippen molar-refractivity contribution in [2.75, 3.05) is 45.2 Å². The number of hydrogen-bond acceptors (Lipinski definition) is 4. The largest absolute Gasteiger partial charge is 0.497 e. The molecule has 0 atom stereocenters. The van der Waals surface area contributed by atoms with E-state index < -0.39 is 0 Å². The molecule has 3 N–H and O–H groups in total. The first-order chi connectivity index (χ1) is 13.7. The first-order valence-electron chi connectivity index (χ1n) is 9.88. The first kappa shape index (κ1) is 20.0. The van der Waals surface area contributed by atoms with E-state index in [1.54, 1.807) is 7.11 Å². The molecule has 0 unspecified atom stereocenters. The van der Waals surface area contributed by atoms with E-state index in [1.165, 1.54) is 31.5 Å². The van der Waals surface area contributed by atoms with Crippen molar-refractivity contribution < 1.29 is 9.47 Å². The van der Waals surface area contributed by atoms with E-state index in [9.17, 15) is 0 Å². The summed E-state index contributed by atoms with van der Waals surface area (Å²) in [7, 11) is 1.64. The minimum absolute atomic E-state index is 0.409. The third kappa shape index (κ3) is 6.46. The molecule has 3 rings (SSSR count). The fraction of sp³-hybridized carbons (Fsp3) is 0.409. The summed E-state index contributed by atoms with van der Waals surface area (Å²) in [6.45, 7) is 4.80. The summed E-state index contributed by atoms with van der Waals surface area (Å²) in [5.74, 6) is 2.14. The zero-order valence-corrected chi connectivity index (χ0v) is 16.6. The van der Waals surface area contributed by atoms with Gasteiger partial charge < -0.3 is 20.5 Å². The number of benzene rings is 2. The van der Waals surface area contributed by atoms with Crippen LogP contribution in [-0.4, -0.2) is 50.8 Å². The van der Waals surface area contributed by atoms with Crippen molar-refractivity contribution in [1.29, 1.82) is 0 Å². The molecule has 150 valence electrons. The molecule has 0 aromatic heterocycles. The lowest BCUT2D eigenvalue weighted by atomic mass is 10.1. The van der Waals surface area contributed by atoms with E-state index in [1.807, 2.05) is 36.4 Å². The van der Waals surface area contributed by atoms with Crippen molar-refractivity contribution in [2.45, 2.75) is 19.3 Å². The normalized spacial score (nSPS) is 14.8. The van der Waals surface area contributed by atoms with Crippen LogP contribution >= 0.6 is 0 Å². The van der Waals surface area contributed by atoms with Gasteiger partial charge >= 0.3 is 0 Å². The second kappa shape index (κ2) is 10.6. The van der Waals surface area contributed by atoms with Crippen LogP contribution in [0.25, 0.3) is 0 Å². The van der Waals surface area contributed by atoms with Crippen LogP contribution in [0, 0.1) is 0 Å². The Balaban J connectivity index is 1.37. The number of nitrogens with zero attached hydrogens (tertiary/aromatic N) is 2. The quantitative estimate of drug-likeness (QED) is 0.515. The van der Waals surface area contributed by atoms with Crippen LogP contribution in [0.1, 0.15) is 18.4 Å². The Morgan fingerprint density at radius 1 is 1.04 bits per heavy atom. The second-order valence-electron chi connectivity index (χ2n) is 6.91. The fourth-order valence-electron chi connectivity index (χ4n) is 3.22. The highest BCUT2D eigenvalue weighted by Crippen LogP contribution is 2.15. The summed E-state index contributed by atoms with van der Waals surface area (Å²) in [5.41, 5.74) is 8.06. The van der Waals surface area contributed by atoms with Gasteiger partial charge in [-0.15, -0.1) is 0 Å². The average Bonchev–Trinajstić information content (AvgIpc) is 3.23. The smallest absolute Gasteiger partial charge is 0.193 e. The van der Waals surface area contributed by atoms with Crippen LogP contribution in [-0.2, 0) is 6.42 Å². The number of guanidine groups is 1. The van der Waals surface area contributed by atoms with Gasteiger partial charge in [0.05, 0.1) is 7.11 Å². The molecule has 0 radical (unpaired) electrons. The number of anilines is 1. The maximum absolute atomic E-state index is 5.95. The number of methoxy groups -OCH3 is 1. The molecular weight excluding hydrogens is 352 g/mol. The topological polar surface area (TPSA) is 72.1 Å². The molecule has 1 saturated heterocycles. The van der Waals surface area contributed by atoms with E-state index in [0.29, 0.717) is 12.5 Å². The van der Waals surface area contributed by atoms with Gasteiger partial charge in [-0.05, 0) is 74.3 Å². The van der Waals surface area contributed by atoms with E-state index in [0.717, 1.165) is 36.8 Å². The maximum atomic E-state index is 5.95. The van der Waals surface area contributed by atoms with Gasteiger partial charge in [0.1, 0.15) is 18.1 Å². The Hall–Kier alpha value is -2.73. The number of nitrogens with two attached hydrogens (primary N) is 1. The summed E-state index contributed by atoms with van der Waals surface area (Å²) in [4.78, 5) is 6.84. The van der Waals surface area contributed by atoms with Crippen molar-refractivity contribution in [2.24, 2.45) is 10.7 Å². The van der Waals surface area contributed by atoms with Crippen molar-refractivity contribution in [1.82, 2.24) is 4.90 Å². The third-order valence-corrected chi connectivity index (χ3v) is 4.84. The highest BCUT2D eigenvalue weighted by molar-refractivity contribution is 5.92. The van der Waals surface area contributed by atoms with Gasteiger partial charge in [-0.2, -0.15) is 0 Å². The number of hydrogen-bond donors (Lipinski definition) is 2. The standard InChI is InChI=1S/C22H30N4O2/c1-27-20-10-6-19(7-11-20)25-22(23)24-13-12-18-4-8-21(9-5-18)28-17-16-26-14-2-3-15-26/h4-11H,2-3,12-17H2,1H3,(H3,23,24,25). The lowest BCUT2D eigenvalue weighted by molar-refractivity contribution is 0.238. The van der Waals surface area contributed by atoms with Crippen LogP contribution in [0.5, 0.6) is 11.5 Å². The highest BCUT2D eigenvalue weighted by atomic mass is 16.5. The Kier molecular flexibility index (Phi) is 7.55. The Labute approximate surface area is 167 Å². The molecule has 0 saturated carbocycles. The summed E-state index contributed by atoms with van der Waals surface area (Å²) in [5, 5.41) is 3.08. The minimum atomic E-state index is 0.409. The van der Waals surface area contributed by atoms with E-state index in [2.05, 4.69) is 27.3 Å². The fourth-order valence-corrected chi connectivity index (χ4v) is 3.22. The second-order valence-corrected chi connectivity index (χ2v) is 6.91. The van der Waals surface area contributed by atoms with Gasteiger partial charge in [-0.1, -0.05) is 12.1 Å². The van der Waals surface area contributed by atoms with Gasteiger partial charge in [0.15, 0.2) is 5.96 Å². The van der Waals surface area contributed by atoms with Crippen molar-refractivity contribution in [3.63, 3.8) is 0 Å². The van der Waals surface area contributed by atoms with Gasteiger partial charge in [-0.25, -0.2) is 0 Å². The number of ether oxygens (including phenoxy) is 2. The molecule has 0 spiro atoms. The maximum Gasteiger partial charge on any atom is 0.193 e. The zero-order valence-electron chi connectivity index (χ0n) is 16.6. The van der Waals surface area contributed by atoms with Crippen LogP contribution in [0.2, 0.25) is 0 Å². The molecule has 6 nitrogen and oxygen atoms in total. The lowest BCUT2D eigenvalue weighted by Gasteiger charge is -2.15. The average molecular weight is 383 g/mol. The summed E-state index contributed by atoms with van der Waals surface area (Å²) < 4.78 is 11.0. The number of aliphatic imine (C=N–C) groups is 1. The van der Waals surface area contributed by atoms with Crippen molar-refractivity contribution in [3.05, 3.63) is 54.1 Å². The van der Waals surface area contributed by atoms with Crippen LogP contribution in [0.4, 0.5) is 5.69 Å². The number of nitrogens with one attached hydrogen (secondary N) is 1. The molecule has 28 heavy (non-hydrogen) atoms. The van der Waals surface area contributed by atoms with Crippen LogP contribution in [0.15, 0.2) is 53.5 Å². The highest BCUT2D eigenvalue weighted by Gasteiger charge is 2.10. The summed E-state index contributed by atoms with van der Waals surface area (Å²) in [6, 6.07) is 15.8. The predicted octanol–water partition coefficient (Wildman–Crippen LogP) is 3.14. The Morgan fingerprint density at radius 2 is 1.71 bits per heavy atom. The molecule has 1 heterocycles. The van der Waals surface area contributed by atoms with E-state index >= 15 is 0 Å². The molecule has 2 aromatic carbocycles. The monoisotopic (exact) mass is 382 g/mol. The molecule has 6 heteroatoms. The van der Waals surface area contributed by atoms with Crippen molar-refractivity contribution in [3.8, 4) is 11.5 Å². The first-order valence-corrected chi connectivity index (χ1v) is 9.88. The third-order valence-electron chi connectivity index (χ3n) is 4.84. The predicted molar refractivity (Wildman–Crippen MR) is 114 cm³/mol. The Bertz CT molecular complexity index is 738. The Morgan fingerprint density at radius 3 is 2.39 bits per heavy atom. The lowest BCUT2D eigenvalue weighted by Crippen LogP contribution is -2.25. The molecule has 0 aliphatic carbocycles. The summed E-state index contributed by atoms with van der Waals surface area (Å²) >= 11 is 0. The van der Waals surface area contributed by atoms with Crippen LogP contribution < -0.4 is 20.5 Å².